The van der Waals surface area contributed by atoms with Crippen molar-refractivity contribution in [2.24, 2.45) is 5.92 Å². The van der Waals surface area contributed by atoms with Crippen LogP contribution in [-0.4, -0.2) is 54.7 Å². The Bertz CT molecular complexity index is 270. The number of hydrogen-bond donors (Lipinski definition) is 1. The third-order valence-electron chi connectivity index (χ3n) is 4.24. The maximum atomic E-state index is 12.0. The minimum absolute atomic E-state index is 0.0878. The van der Waals surface area contributed by atoms with Crippen molar-refractivity contribution < 1.29 is 14.6 Å². The number of carbonyl (C=O) groups is 1. The topological polar surface area (TPSA) is 49.8 Å². The fourth-order valence-corrected chi connectivity index (χ4v) is 3.35. The lowest BCUT2D eigenvalue weighted by atomic mass is 9.82. The van der Waals surface area contributed by atoms with E-state index in [9.17, 15) is 4.79 Å². The summed E-state index contributed by atoms with van der Waals surface area (Å²) >= 11 is 0. The summed E-state index contributed by atoms with van der Waals surface area (Å²) in [5.74, 6) is 0.758. The lowest BCUT2D eigenvalue weighted by Gasteiger charge is -2.33. The number of hydrogen-bond acceptors (Lipinski definition) is 4. The van der Waals surface area contributed by atoms with Crippen LogP contribution in [0.3, 0.4) is 0 Å². The van der Waals surface area contributed by atoms with Crippen LogP contribution in [-0.2, 0) is 9.53 Å². The van der Waals surface area contributed by atoms with E-state index in [-0.39, 0.29) is 12.5 Å². The van der Waals surface area contributed by atoms with Crippen LogP contribution in [0.25, 0.3) is 0 Å². The number of nitrogens with zero attached hydrogens (tertiary/aromatic N) is 1. The molecule has 0 bridgehead atoms. The standard InChI is InChI=1S/C14H25NO3/c16-9-11-18-10-8-15-7-3-5-13(15)12-4-1-2-6-14(12)17/h12-13,16H,1-11H2. The SMILES string of the molecule is O=C1CCCCC1C1CCCN1CCOCCO. The second-order valence-corrected chi connectivity index (χ2v) is 5.40. The predicted molar refractivity (Wildman–Crippen MR) is 69.5 cm³/mol. The molecule has 1 aliphatic heterocycles. The highest BCUT2D eigenvalue weighted by molar-refractivity contribution is 5.82. The van der Waals surface area contributed by atoms with Gasteiger partial charge in [0.25, 0.3) is 0 Å². The maximum Gasteiger partial charge on any atom is 0.137 e. The Kier molecular flexibility index (Phi) is 5.60. The minimum atomic E-state index is 0.0878. The molecule has 0 aromatic carbocycles. The highest BCUT2D eigenvalue weighted by Crippen LogP contribution is 2.32. The molecule has 0 aromatic heterocycles. The Morgan fingerprint density at radius 3 is 2.89 bits per heavy atom. The maximum absolute atomic E-state index is 12.0. The lowest BCUT2D eigenvalue weighted by Crippen LogP contribution is -2.42. The summed E-state index contributed by atoms with van der Waals surface area (Å²) in [6, 6.07) is 0.454. The van der Waals surface area contributed by atoms with Crippen molar-refractivity contribution in [2.75, 3.05) is 32.9 Å². The van der Waals surface area contributed by atoms with E-state index in [2.05, 4.69) is 4.90 Å². The predicted octanol–water partition coefficient (Wildman–Crippen LogP) is 1.22. The third-order valence-corrected chi connectivity index (χ3v) is 4.24. The number of Topliss-reactive ketones (excluding diaryl/α,β-unsaturated/α-hetero) is 1. The van der Waals surface area contributed by atoms with Crippen LogP contribution >= 0.6 is 0 Å². The summed E-state index contributed by atoms with van der Waals surface area (Å²) < 4.78 is 5.33. The van der Waals surface area contributed by atoms with Gasteiger partial charge in [-0.25, -0.2) is 0 Å². The summed E-state index contributed by atoms with van der Waals surface area (Å²) in [5, 5.41) is 8.67. The van der Waals surface area contributed by atoms with Gasteiger partial charge in [-0.3, -0.25) is 9.69 Å². The number of ether oxygens (including phenoxy) is 1. The Hall–Kier alpha value is -0.450. The fraction of sp³-hybridized carbons (Fsp3) is 0.929. The van der Waals surface area contributed by atoms with Gasteiger partial charge in [0.05, 0.1) is 19.8 Å². The van der Waals surface area contributed by atoms with E-state index in [0.717, 1.165) is 38.8 Å². The molecule has 2 rings (SSSR count). The van der Waals surface area contributed by atoms with Crippen molar-refractivity contribution in [2.45, 2.75) is 44.6 Å². The van der Waals surface area contributed by atoms with Crippen molar-refractivity contribution in [1.29, 1.82) is 0 Å². The van der Waals surface area contributed by atoms with E-state index < -0.39 is 0 Å². The Labute approximate surface area is 109 Å². The quantitative estimate of drug-likeness (QED) is 0.725. The summed E-state index contributed by atoms with van der Waals surface area (Å²) in [4.78, 5) is 14.4. The van der Waals surface area contributed by atoms with Gasteiger partial charge < -0.3 is 9.84 Å². The van der Waals surface area contributed by atoms with Crippen LogP contribution in [0.1, 0.15) is 38.5 Å². The van der Waals surface area contributed by atoms with E-state index in [4.69, 9.17) is 9.84 Å². The van der Waals surface area contributed by atoms with Gasteiger partial charge in [0.15, 0.2) is 0 Å². The van der Waals surface area contributed by atoms with E-state index in [1.54, 1.807) is 0 Å². The summed E-state index contributed by atoms with van der Waals surface area (Å²) in [5.41, 5.74) is 0. The van der Waals surface area contributed by atoms with Crippen molar-refractivity contribution >= 4 is 5.78 Å². The van der Waals surface area contributed by atoms with E-state index in [1.807, 2.05) is 0 Å². The number of carbonyl (C=O) groups excluding carboxylic acids is 1. The highest BCUT2D eigenvalue weighted by Gasteiger charge is 2.36. The summed E-state index contributed by atoms with van der Waals surface area (Å²) in [7, 11) is 0. The number of aliphatic hydroxyl groups excluding tert-OH is 1. The molecule has 1 aliphatic carbocycles. The second-order valence-electron chi connectivity index (χ2n) is 5.40. The molecule has 1 N–H and O–H groups in total. The number of ketones is 1. The molecule has 0 aromatic rings. The fourth-order valence-electron chi connectivity index (χ4n) is 3.35. The van der Waals surface area contributed by atoms with E-state index >= 15 is 0 Å². The van der Waals surface area contributed by atoms with Crippen molar-refractivity contribution in [1.82, 2.24) is 4.90 Å². The van der Waals surface area contributed by atoms with Crippen molar-refractivity contribution in [3.05, 3.63) is 0 Å². The van der Waals surface area contributed by atoms with Gasteiger partial charge in [0.2, 0.25) is 0 Å². The van der Waals surface area contributed by atoms with Gasteiger partial charge in [-0.15, -0.1) is 0 Å². The molecule has 0 amide bonds. The first-order valence-electron chi connectivity index (χ1n) is 7.28. The number of aliphatic hydroxyl groups is 1. The minimum Gasteiger partial charge on any atom is -0.394 e. The molecule has 2 unspecified atom stereocenters. The van der Waals surface area contributed by atoms with Gasteiger partial charge in [0.1, 0.15) is 5.78 Å². The van der Waals surface area contributed by atoms with Gasteiger partial charge in [-0.1, -0.05) is 6.42 Å². The zero-order valence-electron chi connectivity index (χ0n) is 11.1. The van der Waals surface area contributed by atoms with Crippen LogP contribution in [0.2, 0.25) is 0 Å². The molecule has 2 fully saturated rings. The van der Waals surface area contributed by atoms with Gasteiger partial charge >= 0.3 is 0 Å². The Morgan fingerprint density at radius 1 is 1.22 bits per heavy atom. The molecule has 104 valence electrons. The van der Waals surface area contributed by atoms with Gasteiger partial charge in [0, 0.05) is 24.9 Å². The Balaban J connectivity index is 1.80. The second kappa shape index (κ2) is 7.22. The monoisotopic (exact) mass is 255 g/mol. The molecular weight excluding hydrogens is 230 g/mol. The molecule has 4 nitrogen and oxygen atoms in total. The molecular formula is C14H25NO3. The molecule has 1 saturated carbocycles. The van der Waals surface area contributed by atoms with E-state index in [1.165, 1.54) is 12.8 Å². The van der Waals surface area contributed by atoms with Gasteiger partial charge in [-0.2, -0.15) is 0 Å². The highest BCUT2D eigenvalue weighted by atomic mass is 16.5. The molecule has 0 radical (unpaired) electrons. The average molecular weight is 255 g/mol. The van der Waals surface area contributed by atoms with Crippen LogP contribution in [0.15, 0.2) is 0 Å². The molecule has 4 heteroatoms. The normalized spacial score (nSPS) is 29.9. The molecule has 18 heavy (non-hydrogen) atoms. The first-order valence-corrected chi connectivity index (χ1v) is 7.28. The smallest absolute Gasteiger partial charge is 0.137 e. The third kappa shape index (κ3) is 3.53. The summed E-state index contributed by atoms with van der Waals surface area (Å²) in [6.45, 7) is 3.16. The van der Waals surface area contributed by atoms with E-state index in [0.29, 0.717) is 25.0 Å². The lowest BCUT2D eigenvalue weighted by molar-refractivity contribution is -0.126. The molecule has 0 spiro atoms. The first-order chi connectivity index (χ1) is 8.83. The van der Waals surface area contributed by atoms with Crippen LogP contribution in [0, 0.1) is 5.92 Å². The number of rotatable bonds is 6. The largest absolute Gasteiger partial charge is 0.394 e. The zero-order valence-corrected chi connectivity index (χ0v) is 11.1. The molecule has 2 aliphatic rings. The zero-order chi connectivity index (χ0) is 12.8. The number of likely N-dealkylation sites (tertiary alicyclic amines) is 1. The molecule has 2 atom stereocenters. The van der Waals surface area contributed by atoms with Crippen molar-refractivity contribution in [3.63, 3.8) is 0 Å². The summed E-state index contributed by atoms with van der Waals surface area (Å²) in [6.07, 6.45) is 6.53. The van der Waals surface area contributed by atoms with Crippen LogP contribution in [0.4, 0.5) is 0 Å². The van der Waals surface area contributed by atoms with Crippen LogP contribution in [0.5, 0.6) is 0 Å². The van der Waals surface area contributed by atoms with Crippen LogP contribution < -0.4 is 0 Å². The van der Waals surface area contributed by atoms with Gasteiger partial charge in [-0.05, 0) is 32.2 Å². The van der Waals surface area contributed by atoms with Crippen molar-refractivity contribution in [3.8, 4) is 0 Å². The first kappa shape index (κ1) is 14.0. The molecule has 1 heterocycles. The Morgan fingerprint density at radius 2 is 2.11 bits per heavy atom. The average Bonchev–Trinajstić information content (AvgIpc) is 2.83. The molecule has 1 saturated heterocycles.